The summed E-state index contributed by atoms with van der Waals surface area (Å²) in [7, 11) is -2.41. The third kappa shape index (κ3) is 4.55. The maximum absolute atomic E-state index is 12.8. The third-order valence-electron chi connectivity index (χ3n) is 4.75. The van der Waals surface area contributed by atoms with Gasteiger partial charge in [0.2, 0.25) is 11.8 Å². The molecule has 4 rings (SSSR count). The molecule has 9 nitrogen and oxygen atoms in total. The Balaban J connectivity index is 1.47. The van der Waals surface area contributed by atoms with E-state index >= 15 is 0 Å². The zero-order valence-electron chi connectivity index (χ0n) is 16.4. The van der Waals surface area contributed by atoms with Crippen LogP contribution in [0, 0.1) is 0 Å². The van der Waals surface area contributed by atoms with E-state index in [4.69, 9.17) is 13.9 Å². The predicted octanol–water partition coefficient (Wildman–Crippen LogP) is 2.68. The molecule has 0 amide bonds. The van der Waals surface area contributed by atoms with Crippen molar-refractivity contribution in [2.45, 2.75) is 23.8 Å². The van der Waals surface area contributed by atoms with Crippen LogP contribution < -0.4 is 19.5 Å². The van der Waals surface area contributed by atoms with Gasteiger partial charge in [-0.05, 0) is 49.7 Å². The van der Waals surface area contributed by atoms with Crippen LogP contribution in [-0.4, -0.2) is 44.7 Å². The molecule has 158 valence electrons. The molecule has 1 fully saturated rings. The van der Waals surface area contributed by atoms with Crippen molar-refractivity contribution in [1.29, 1.82) is 0 Å². The number of rotatable bonds is 8. The Bertz CT molecular complexity index is 1080. The van der Waals surface area contributed by atoms with Crippen molar-refractivity contribution in [2.75, 3.05) is 25.0 Å². The van der Waals surface area contributed by atoms with E-state index in [1.807, 2.05) is 0 Å². The lowest BCUT2D eigenvalue weighted by atomic mass is 10.2. The highest BCUT2D eigenvalue weighted by Gasteiger charge is 2.19. The van der Waals surface area contributed by atoms with Crippen molar-refractivity contribution < 1.29 is 22.3 Å². The Labute approximate surface area is 174 Å². The third-order valence-corrected chi connectivity index (χ3v) is 6.13. The van der Waals surface area contributed by atoms with Crippen LogP contribution in [-0.2, 0) is 10.0 Å². The number of nitrogens with zero attached hydrogens (tertiary/aromatic N) is 2. The fourth-order valence-corrected chi connectivity index (χ4v) is 4.24. The van der Waals surface area contributed by atoms with Crippen molar-refractivity contribution in [2.24, 2.45) is 0 Å². The minimum atomic E-state index is -3.84. The van der Waals surface area contributed by atoms with E-state index in [-0.39, 0.29) is 16.5 Å². The first-order valence-corrected chi connectivity index (χ1v) is 11.0. The smallest absolute Gasteiger partial charge is 0.262 e. The molecule has 10 heteroatoms. The maximum atomic E-state index is 12.8. The predicted molar refractivity (Wildman–Crippen MR) is 110 cm³/mol. The normalized spacial score (nSPS) is 16.4. The van der Waals surface area contributed by atoms with Gasteiger partial charge in [0.05, 0.1) is 18.2 Å². The van der Waals surface area contributed by atoms with Gasteiger partial charge in [-0.25, -0.2) is 13.4 Å². The quantitative estimate of drug-likeness (QED) is 0.560. The van der Waals surface area contributed by atoms with E-state index in [0.717, 1.165) is 24.9 Å². The highest BCUT2D eigenvalue weighted by molar-refractivity contribution is 7.92. The number of pyridine rings is 1. The van der Waals surface area contributed by atoms with Gasteiger partial charge in [-0.1, -0.05) is 0 Å². The molecule has 1 aliphatic rings. The summed E-state index contributed by atoms with van der Waals surface area (Å²) in [6.07, 6.45) is 5.07. The summed E-state index contributed by atoms with van der Waals surface area (Å²) in [5, 5.41) is 3.34. The van der Waals surface area contributed by atoms with Crippen LogP contribution in [0.2, 0.25) is 0 Å². The highest BCUT2D eigenvalue weighted by atomic mass is 32.2. The number of aromatic nitrogens is 2. The highest BCUT2D eigenvalue weighted by Crippen LogP contribution is 2.28. The number of methoxy groups -OCH3 is 1. The zero-order chi connectivity index (χ0) is 21.0. The molecule has 3 aromatic rings. The molecule has 1 aromatic carbocycles. The number of oxazole rings is 1. The summed E-state index contributed by atoms with van der Waals surface area (Å²) in [5.41, 5.74) is 0.951. The molecule has 0 radical (unpaired) electrons. The first-order valence-electron chi connectivity index (χ1n) is 9.48. The molecule has 0 aliphatic carbocycles. The van der Waals surface area contributed by atoms with E-state index in [1.54, 1.807) is 30.5 Å². The standard InChI is InChI=1S/C20H22N4O5S/c1-27-20-17(8-9-19(23-20)28-12-15-3-2-10-22-15)24-30(25,26)16-6-4-14(5-7-16)18-11-21-13-29-18/h4-9,11,13,15,22,24H,2-3,10,12H2,1H3/t15-/m1/s1. The van der Waals surface area contributed by atoms with Crippen LogP contribution >= 0.6 is 0 Å². The molecule has 0 unspecified atom stereocenters. The molecule has 3 heterocycles. The van der Waals surface area contributed by atoms with Crippen LogP contribution in [0.5, 0.6) is 11.8 Å². The molecule has 2 aromatic heterocycles. The topological polar surface area (TPSA) is 116 Å². The summed E-state index contributed by atoms with van der Waals surface area (Å²) in [4.78, 5) is 8.21. The Kier molecular flexibility index (Phi) is 5.86. The number of anilines is 1. The second-order valence-electron chi connectivity index (χ2n) is 6.81. The van der Waals surface area contributed by atoms with Gasteiger partial charge < -0.3 is 19.2 Å². The van der Waals surface area contributed by atoms with Crippen LogP contribution in [0.25, 0.3) is 11.3 Å². The lowest BCUT2D eigenvalue weighted by Gasteiger charge is -2.14. The van der Waals surface area contributed by atoms with Gasteiger partial charge in [0.25, 0.3) is 10.0 Å². The Hall–Kier alpha value is -3.11. The zero-order valence-corrected chi connectivity index (χ0v) is 17.2. The summed E-state index contributed by atoms with van der Waals surface area (Å²) < 4.78 is 44.3. The van der Waals surface area contributed by atoms with Gasteiger partial charge in [0.1, 0.15) is 12.3 Å². The van der Waals surface area contributed by atoms with Gasteiger partial charge >= 0.3 is 0 Å². The minimum Gasteiger partial charge on any atom is -0.479 e. The molecular formula is C20H22N4O5S. The van der Waals surface area contributed by atoms with Crippen molar-refractivity contribution in [3.63, 3.8) is 0 Å². The Morgan fingerprint density at radius 3 is 2.73 bits per heavy atom. The van der Waals surface area contributed by atoms with Gasteiger partial charge in [-0.2, -0.15) is 4.98 Å². The average molecular weight is 430 g/mol. The van der Waals surface area contributed by atoms with E-state index in [9.17, 15) is 8.42 Å². The lowest BCUT2D eigenvalue weighted by molar-refractivity contribution is 0.263. The number of ether oxygens (including phenoxy) is 2. The molecule has 2 N–H and O–H groups in total. The molecule has 1 atom stereocenters. The van der Waals surface area contributed by atoms with E-state index in [0.29, 0.717) is 24.3 Å². The maximum Gasteiger partial charge on any atom is 0.262 e. The second kappa shape index (κ2) is 8.72. The van der Waals surface area contributed by atoms with Gasteiger partial charge in [-0.3, -0.25) is 4.72 Å². The van der Waals surface area contributed by atoms with E-state index < -0.39 is 10.0 Å². The average Bonchev–Trinajstić information content (AvgIpc) is 3.47. The number of hydrogen-bond donors (Lipinski definition) is 2. The molecule has 1 saturated heterocycles. The van der Waals surface area contributed by atoms with Crippen LogP contribution in [0.3, 0.4) is 0 Å². The first kappa shape index (κ1) is 20.2. The van der Waals surface area contributed by atoms with Crippen molar-refractivity contribution in [1.82, 2.24) is 15.3 Å². The molecule has 0 saturated carbocycles. The largest absolute Gasteiger partial charge is 0.479 e. The van der Waals surface area contributed by atoms with E-state index in [2.05, 4.69) is 20.0 Å². The Morgan fingerprint density at radius 2 is 2.07 bits per heavy atom. The second-order valence-corrected chi connectivity index (χ2v) is 8.49. The molecule has 1 aliphatic heterocycles. The molecular weight excluding hydrogens is 408 g/mol. The van der Waals surface area contributed by atoms with Crippen molar-refractivity contribution in [3.8, 4) is 23.1 Å². The van der Waals surface area contributed by atoms with E-state index in [1.165, 1.54) is 25.6 Å². The lowest BCUT2D eigenvalue weighted by Crippen LogP contribution is -2.28. The van der Waals surface area contributed by atoms with Crippen LogP contribution in [0.4, 0.5) is 5.69 Å². The van der Waals surface area contributed by atoms with Gasteiger partial charge in [0.15, 0.2) is 12.2 Å². The molecule has 0 spiro atoms. The van der Waals surface area contributed by atoms with Crippen LogP contribution in [0.1, 0.15) is 12.8 Å². The number of nitrogens with one attached hydrogen (secondary N) is 2. The SMILES string of the molecule is COc1nc(OC[C@H]2CCCN2)ccc1NS(=O)(=O)c1ccc(-c2cnco2)cc1. The van der Waals surface area contributed by atoms with Crippen LogP contribution in [0.15, 0.2) is 58.3 Å². The molecule has 0 bridgehead atoms. The van der Waals surface area contributed by atoms with Gasteiger partial charge in [-0.15, -0.1) is 0 Å². The number of hydrogen-bond acceptors (Lipinski definition) is 8. The van der Waals surface area contributed by atoms with Crippen molar-refractivity contribution >= 4 is 15.7 Å². The number of sulfonamides is 1. The summed E-state index contributed by atoms with van der Waals surface area (Å²) >= 11 is 0. The first-order chi connectivity index (χ1) is 14.5. The fraction of sp³-hybridized carbons (Fsp3) is 0.300. The monoisotopic (exact) mass is 430 g/mol. The Morgan fingerprint density at radius 1 is 1.23 bits per heavy atom. The molecule has 30 heavy (non-hydrogen) atoms. The number of benzene rings is 1. The summed E-state index contributed by atoms with van der Waals surface area (Å²) in [6.45, 7) is 1.49. The van der Waals surface area contributed by atoms with Crippen molar-refractivity contribution in [3.05, 3.63) is 49.0 Å². The summed E-state index contributed by atoms with van der Waals surface area (Å²) in [5.74, 6) is 1.06. The fourth-order valence-electron chi connectivity index (χ4n) is 3.18. The van der Waals surface area contributed by atoms with Gasteiger partial charge in [0, 0.05) is 17.7 Å². The summed E-state index contributed by atoms with van der Waals surface area (Å²) in [6, 6.07) is 9.78. The minimum absolute atomic E-state index is 0.0976.